The predicted octanol–water partition coefficient (Wildman–Crippen LogP) is 7.85. The molecule has 0 amide bonds. The Labute approximate surface area is 163 Å². The van der Waals surface area contributed by atoms with E-state index in [9.17, 15) is 5.11 Å². The van der Waals surface area contributed by atoms with Gasteiger partial charge in [0, 0.05) is 0 Å². The van der Waals surface area contributed by atoms with Crippen LogP contribution < -0.4 is 0 Å². The Balaban J connectivity index is 4.06. The summed E-state index contributed by atoms with van der Waals surface area (Å²) in [7, 11) is 0. The molecule has 0 rings (SSSR count). The molecular weight excluding hydrogens is 316 g/mol. The highest BCUT2D eigenvalue weighted by molar-refractivity contribution is 5.07. The van der Waals surface area contributed by atoms with E-state index in [2.05, 4.69) is 65.5 Å². The minimum Gasteiger partial charge on any atom is -0.386 e. The second kappa shape index (κ2) is 13.8. The van der Waals surface area contributed by atoms with E-state index < -0.39 is 5.60 Å². The van der Waals surface area contributed by atoms with Crippen molar-refractivity contribution in [2.45, 2.75) is 98.5 Å². The smallest absolute Gasteiger partial charge is 0.0800 e. The van der Waals surface area contributed by atoms with Gasteiger partial charge in [-0.3, -0.25) is 0 Å². The van der Waals surface area contributed by atoms with Crippen molar-refractivity contribution in [2.24, 2.45) is 0 Å². The van der Waals surface area contributed by atoms with Gasteiger partial charge >= 0.3 is 0 Å². The van der Waals surface area contributed by atoms with Gasteiger partial charge in [0.15, 0.2) is 0 Å². The summed E-state index contributed by atoms with van der Waals surface area (Å²) in [5, 5.41) is 9.91. The third kappa shape index (κ3) is 15.0. The van der Waals surface area contributed by atoms with Crippen molar-refractivity contribution in [3.63, 3.8) is 0 Å². The van der Waals surface area contributed by atoms with Gasteiger partial charge in [0.2, 0.25) is 0 Å². The van der Waals surface area contributed by atoms with Crippen molar-refractivity contribution in [3.8, 4) is 0 Å². The lowest BCUT2D eigenvalue weighted by atomic mass is 9.99. The van der Waals surface area contributed by atoms with Gasteiger partial charge in [-0.05, 0) is 92.9 Å². The predicted molar refractivity (Wildman–Crippen MR) is 118 cm³/mol. The maximum absolute atomic E-state index is 9.91. The van der Waals surface area contributed by atoms with Gasteiger partial charge in [0.25, 0.3) is 0 Å². The summed E-state index contributed by atoms with van der Waals surface area (Å²) in [5.74, 6) is 0. The van der Waals surface area contributed by atoms with Gasteiger partial charge in [-0.2, -0.15) is 0 Å². The highest BCUT2D eigenvalue weighted by Gasteiger charge is 2.13. The van der Waals surface area contributed by atoms with Crippen molar-refractivity contribution >= 4 is 0 Å². The average Bonchev–Trinajstić information content (AvgIpc) is 2.54. The number of allylic oxidation sites excluding steroid dienone is 8. The Morgan fingerprint density at radius 3 is 1.50 bits per heavy atom. The molecule has 1 nitrogen and oxygen atoms in total. The van der Waals surface area contributed by atoms with Gasteiger partial charge in [-0.25, -0.2) is 0 Å². The minimum atomic E-state index is -0.745. The Bertz CT molecular complexity index is 522. The molecule has 0 heterocycles. The molecule has 1 unspecified atom stereocenters. The molecule has 0 aromatic heterocycles. The van der Waals surface area contributed by atoms with Crippen LogP contribution in [0.1, 0.15) is 92.9 Å². The summed E-state index contributed by atoms with van der Waals surface area (Å²) in [6, 6.07) is 0. The Morgan fingerprint density at radius 2 is 1.12 bits per heavy atom. The van der Waals surface area contributed by atoms with Crippen LogP contribution in [0.25, 0.3) is 0 Å². The van der Waals surface area contributed by atoms with E-state index in [-0.39, 0.29) is 0 Å². The molecule has 1 atom stereocenters. The first-order valence-corrected chi connectivity index (χ1v) is 10.1. The monoisotopic (exact) mass is 358 g/mol. The van der Waals surface area contributed by atoms with Crippen LogP contribution in [0.5, 0.6) is 0 Å². The number of hydrogen-bond acceptors (Lipinski definition) is 1. The fourth-order valence-electron chi connectivity index (χ4n) is 2.70. The normalized spacial score (nSPS) is 15.6. The fraction of sp³-hybridized carbons (Fsp3) is 0.600. The largest absolute Gasteiger partial charge is 0.386 e. The topological polar surface area (TPSA) is 20.2 Å². The van der Waals surface area contributed by atoms with Crippen LogP contribution in [-0.4, -0.2) is 10.7 Å². The Hall–Kier alpha value is -1.34. The van der Waals surface area contributed by atoms with Crippen molar-refractivity contribution in [3.05, 3.63) is 59.3 Å². The molecule has 0 fully saturated rings. The molecule has 0 saturated heterocycles. The molecule has 1 N–H and O–H groups in total. The van der Waals surface area contributed by atoms with Gasteiger partial charge < -0.3 is 5.11 Å². The molecule has 0 spiro atoms. The summed E-state index contributed by atoms with van der Waals surface area (Å²) in [6.45, 7) is 16.5. The van der Waals surface area contributed by atoms with Crippen molar-refractivity contribution < 1.29 is 5.11 Å². The highest BCUT2D eigenvalue weighted by atomic mass is 16.3. The zero-order valence-electron chi connectivity index (χ0n) is 18.2. The third-order valence-electron chi connectivity index (χ3n) is 4.74. The number of aliphatic hydroxyl groups is 1. The minimum absolute atomic E-state index is 0.738. The van der Waals surface area contributed by atoms with E-state index in [0.717, 1.165) is 44.9 Å². The summed E-state index contributed by atoms with van der Waals surface area (Å²) < 4.78 is 0. The van der Waals surface area contributed by atoms with Crippen LogP contribution in [0.2, 0.25) is 0 Å². The second-order valence-corrected chi connectivity index (χ2v) is 8.15. The highest BCUT2D eigenvalue weighted by Crippen LogP contribution is 2.16. The summed E-state index contributed by atoms with van der Waals surface area (Å²) in [6.07, 6.45) is 19.5. The zero-order chi connectivity index (χ0) is 20.0. The Kier molecular flexibility index (Phi) is 13.1. The first kappa shape index (κ1) is 24.7. The molecule has 0 aromatic carbocycles. The van der Waals surface area contributed by atoms with Crippen LogP contribution in [0.4, 0.5) is 0 Å². The molecule has 0 radical (unpaired) electrons. The SMILES string of the molecule is C=CC(C)(O)CC/C=C(\C)CC/C=C(\C)CC/C=C(\C)CCC=C(C)C. The van der Waals surface area contributed by atoms with Gasteiger partial charge in [0.05, 0.1) is 5.60 Å². The summed E-state index contributed by atoms with van der Waals surface area (Å²) in [5.41, 5.74) is 5.06. The molecule has 0 bridgehead atoms. The average molecular weight is 359 g/mol. The van der Waals surface area contributed by atoms with Crippen LogP contribution >= 0.6 is 0 Å². The van der Waals surface area contributed by atoms with Crippen LogP contribution in [0.15, 0.2) is 59.3 Å². The van der Waals surface area contributed by atoms with Crippen LogP contribution in [0, 0.1) is 0 Å². The first-order valence-electron chi connectivity index (χ1n) is 10.1. The molecule has 0 aliphatic rings. The Morgan fingerprint density at radius 1 is 0.731 bits per heavy atom. The molecule has 26 heavy (non-hydrogen) atoms. The lowest BCUT2D eigenvalue weighted by Crippen LogP contribution is -2.19. The number of rotatable bonds is 13. The molecule has 0 aliphatic heterocycles. The number of hydrogen-bond donors (Lipinski definition) is 1. The van der Waals surface area contributed by atoms with Crippen molar-refractivity contribution in [1.29, 1.82) is 0 Å². The lowest BCUT2D eigenvalue weighted by molar-refractivity contribution is 0.103. The molecule has 148 valence electrons. The van der Waals surface area contributed by atoms with Gasteiger partial charge in [-0.1, -0.05) is 52.7 Å². The summed E-state index contributed by atoms with van der Waals surface area (Å²) >= 11 is 0. The quantitative estimate of drug-likeness (QED) is 0.332. The van der Waals surface area contributed by atoms with Crippen molar-refractivity contribution in [1.82, 2.24) is 0 Å². The lowest BCUT2D eigenvalue weighted by Gasteiger charge is -2.16. The standard InChI is InChI=1S/C25H42O/c1-8-25(7,26)20-12-19-24(6)18-11-17-23(5)16-10-15-22(4)14-9-13-21(2)3/h8,13,15,17,19,26H,1,9-12,14,16,18,20H2,2-7H3/b22-15+,23-17+,24-19+. The third-order valence-corrected chi connectivity index (χ3v) is 4.74. The van der Waals surface area contributed by atoms with E-state index in [1.165, 1.54) is 28.7 Å². The second-order valence-electron chi connectivity index (χ2n) is 8.15. The molecule has 0 aliphatic carbocycles. The fourth-order valence-corrected chi connectivity index (χ4v) is 2.70. The van der Waals surface area contributed by atoms with E-state index in [0.29, 0.717) is 0 Å². The van der Waals surface area contributed by atoms with Crippen LogP contribution in [0.3, 0.4) is 0 Å². The maximum atomic E-state index is 9.91. The molecule has 0 aromatic rings. The molecule has 0 saturated carbocycles. The van der Waals surface area contributed by atoms with E-state index in [4.69, 9.17) is 0 Å². The van der Waals surface area contributed by atoms with Crippen molar-refractivity contribution in [2.75, 3.05) is 0 Å². The van der Waals surface area contributed by atoms with Gasteiger partial charge in [-0.15, -0.1) is 6.58 Å². The molecular formula is C25H42O. The summed E-state index contributed by atoms with van der Waals surface area (Å²) in [4.78, 5) is 0. The molecule has 1 heteroatoms. The van der Waals surface area contributed by atoms with E-state index in [1.807, 2.05) is 6.92 Å². The first-order chi connectivity index (χ1) is 12.2. The van der Waals surface area contributed by atoms with E-state index in [1.54, 1.807) is 6.08 Å². The van der Waals surface area contributed by atoms with E-state index >= 15 is 0 Å². The van der Waals surface area contributed by atoms with Gasteiger partial charge in [0.1, 0.15) is 0 Å². The van der Waals surface area contributed by atoms with Crippen LogP contribution in [-0.2, 0) is 0 Å². The zero-order valence-corrected chi connectivity index (χ0v) is 18.2. The maximum Gasteiger partial charge on any atom is 0.0800 e.